The molecule has 6 amide bonds. The first-order chi connectivity index (χ1) is 9.23. The Balaban J connectivity index is 2.15. The van der Waals surface area contributed by atoms with Crippen LogP contribution in [0.15, 0.2) is 0 Å². The summed E-state index contributed by atoms with van der Waals surface area (Å²) in [6, 6.07) is -0.658. The lowest BCUT2D eigenvalue weighted by atomic mass is 9.98. The predicted molar refractivity (Wildman–Crippen MR) is 64.1 cm³/mol. The highest BCUT2D eigenvalue weighted by molar-refractivity contribution is 6.08. The second-order valence-corrected chi connectivity index (χ2v) is 5.05. The monoisotopic (exact) mass is 282 g/mol. The van der Waals surface area contributed by atoms with Crippen LogP contribution in [-0.4, -0.2) is 64.6 Å². The van der Waals surface area contributed by atoms with E-state index in [0.717, 1.165) is 9.80 Å². The van der Waals surface area contributed by atoms with Crippen LogP contribution in [0.2, 0.25) is 0 Å². The smallest absolute Gasteiger partial charge is 0.325 e. The maximum atomic E-state index is 12.2. The Morgan fingerprint density at radius 2 is 1.90 bits per heavy atom. The van der Waals surface area contributed by atoms with Crippen molar-refractivity contribution >= 4 is 29.7 Å². The van der Waals surface area contributed by atoms with Crippen LogP contribution in [0, 0.1) is 0 Å². The molecule has 2 N–H and O–H groups in total. The van der Waals surface area contributed by atoms with Crippen LogP contribution in [0.25, 0.3) is 0 Å². The number of hydrogen-bond acceptors (Lipinski definition) is 5. The number of carbonyl (C=O) groups excluding carboxylic acids is 5. The summed E-state index contributed by atoms with van der Waals surface area (Å²) >= 11 is 0. The number of nitrogens with one attached hydrogen (secondary N) is 2. The van der Waals surface area contributed by atoms with Gasteiger partial charge in [-0.1, -0.05) is 0 Å². The van der Waals surface area contributed by atoms with Crippen LogP contribution in [0.3, 0.4) is 0 Å². The van der Waals surface area contributed by atoms with E-state index in [1.54, 1.807) is 0 Å². The van der Waals surface area contributed by atoms with E-state index < -0.39 is 41.7 Å². The quantitative estimate of drug-likeness (QED) is 0.440. The molecular formula is C11H14N4O5. The van der Waals surface area contributed by atoms with Crippen LogP contribution < -0.4 is 10.6 Å². The SMILES string of the molecule is CC1(C)C(=O)NC(=O)CN1C(=O)CN1C(=O)CNC1=O. The fourth-order valence-electron chi connectivity index (χ4n) is 2.02. The van der Waals surface area contributed by atoms with E-state index >= 15 is 0 Å². The first kappa shape index (κ1) is 14.0. The van der Waals surface area contributed by atoms with Gasteiger partial charge in [-0.15, -0.1) is 0 Å². The van der Waals surface area contributed by atoms with Gasteiger partial charge in [-0.05, 0) is 13.8 Å². The van der Waals surface area contributed by atoms with Crippen molar-refractivity contribution in [2.75, 3.05) is 19.6 Å². The topological polar surface area (TPSA) is 116 Å². The van der Waals surface area contributed by atoms with Gasteiger partial charge in [0.05, 0.1) is 6.54 Å². The molecule has 0 aliphatic carbocycles. The second-order valence-electron chi connectivity index (χ2n) is 5.05. The maximum absolute atomic E-state index is 12.2. The summed E-state index contributed by atoms with van der Waals surface area (Å²) in [7, 11) is 0. The lowest BCUT2D eigenvalue weighted by molar-refractivity contribution is -0.156. The molecule has 2 fully saturated rings. The van der Waals surface area contributed by atoms with Crippen molar-refractivity contribution in [2.24, 2.45) is 0 Å². The highest BCUT2D eigenvalue weighted by atomic mass is 16.2. The fraction of sp³-hybridized carbons (Fsp3) is 0.545. The van der Waals surface area contributed by atoms with E-state index in [0.29, 0.717) is 0 Å². The molecule has 0 aromatic carbocycles. The predicted octanol–water partition coefficient (Wildman–Crippen LogP) is -2.20. The Morgan fingerprint density at radius 1 is 1.25 bits per heavy atom. The van der Waals surface area contributed by atoms with Crippen molar-refractivity contribution in [3.63, 3.8) is 0 Å². The van der Waals surface area contributed by atoms with Crippen molar-refractivity contribution in [3.05, 3.63) is 0 Å². The molecular weight excluding hydrogens is 268 g/mol. The Hall–Kier alpha value is -2.45. The van der Waals surface area contributed by atoms with Crippen molar-refractivity contribution in [2.45, 2.75) is 19.4 Å². The number of amides is 6. The number of carbonyl (C=O) groups is 5. The summed E-state index contributed by atoms with van der Waals surface area (Å²) in [5.41, 5.74) is -1.22. The van der Waals surface area contributed by atoms with Gasteiger partial charge in [0.25, 0.3) is 11.8 Å². The van der Waals surface area contributed by atoms with Crippen molar-refractivity contribution in [3.8, 4) is 0 Å². The molecule has 2 rings (SSSR count). The summed E-state index contributed by atoms with van der Waals surface area (Å²) < 4.78 is 0. The van der Waals surface area contributed by atoms with Crippen LogP contribution in [0.1, 0.15) is 13.8 Å². The molecule has 0 aromatic rings. The third kappa shape index (κ3) is 2.22. The van der Waals surface area contributed by atoms with Gasteiger partial charge in [0, 0.05) is 0 Å². The van der Waals surface area contributed by atoms with Crippen LogP contribution in [0.5, 0.6) is 0 Å². The van der Waals surface area contributed by atoms with Gasteiger partial charge in [-0.3, -0.25) is 29.4 Å². The number of imide groups is 2. The minimum atomic E-state index is -1.22. The molecule has 2 heterocycles. The Labute approximate surface area is 114 Å². The molecule has 0 bridgehead atoms. The first-order valence-electron chi connectivity index (χ1n) is 5.96. The van der Waals surface area contributed by atoms with Crippen molar-refractivity contribution in [1.82, 2.24) is 20.4 Å². The Kier molecular flexibility index (Phi) is 3.20. The molecule has 108 valence electrons. The summed E-state index contributed by atoms with van der Waals surface area (Å²) in [6.45, 7) is 2.03. The van der Waals surface area contributed by atoms with Crippen LogP contribution in [0.4, 0.5) is 4.79 Å². The lowest BCUT2D eigenvalue weighted by Gasteiger charge is -2.40. The maximum Gasteiger partial charge on any atom is 0.325 e. The van der Waals surface area contributed by atoms with Crippen molar-refractivity contribution < 1.29 is 24.0 Å². The number of hydrogen-bond donors (Lipinski definition) is 2. The molecule has 0 radical (unpaired) electrons. The number of urea groups is 1. The third-order valence-corrected chi connectivity index (χ3v) is 3.32. The molecule has 0 saturated carbocycles. The number of piperazine rings is 1. The Morgan fingerprint density at radius 3 is 2.45 bits per heavy atom. The zero-order valence-corrected chi connectivity index (χ0v) is 11.1. The standard InChI is InChI=1S/C11H14N4O5/c1-11(2)9(19)13-6(16)4-15(11)8(18)5-14-7(17)3-12-10(14)20/h3-5H2,1-2H3,(H,12,20)(H,13,16,19). The normalized spacial score (nSPS) is 21.9. The minimum Gasteiger partial charge on any atom is -0.329 e. The van der Waals surface area contributed by atoms with E-state index in [1.807, 2.05) is 0 Å². The molecule has 20 heavy (non-hydrogen) atoms. The van der Waals surface area contributed by atoms with Gasteiger partial charge in [0.1, 0.15) is 18.6 Å². The van der Waals surface area contributed by atoms with E-state index in [-0.39, 0.29) is 13.1 Å². The van der Waals surface area contributed by atoms with Gasteiger partial charge < -0.3 is 10.2 Å². The number of rotatable bonds is 2. The minimum absolute atomic E-state index is 0.158. The summed E-state index contributed by atoms with van der Waals surface area (Å²) in [6.07, 6.45) is 0. The molecule has 0 unspecified atom stereocenters. The summed E-state index contributed by atoms with van der Waals surface area (Å²) in [5, 5.41) is 4.42. The molecule has 9 nitrogen and oxygen atoms in total. The molecule has 9 heteroatoms. The lowest BCUT2D eigenvalue weighted by Crippen LogP contribution is -2.66. The van der Waals surface area contributed by atoms with Crippen molar-refractivity contribution in [1.29, 1.82) is 0 Å². The fourth-order valence-corrected chi connectivity index (χ4v) is 2.02. The van der Waals surface area contributed by atoms with Gasteiger partial charge in [-0.2, -0.15) is 0 Å². The average Bonchev–Trinajstić information content (AvgIpc) is 2.65. The zero-order chi connectivity index (χ0) is 15.1. The zero-order valence-electron chi connectivity index (χ0n) is 11.1. The number of nitrogens with zero attached hydrogens (tertiary/aromatic N) is 2. The van der Waals surface area contributed by atoms with Gasteiger partial charge >= 0.3 is 6.03 Å². The van der Waals surface area contributed by atoms with Crippen LogP contribution >= 0.6 is 0 Å². The van der Waals surface area contributed by atoms with E-state index in [1.165, 1.54) is 13.8 Å². The van der Waals surface area contributed by atoms with E-state index in [2.05, 4.69) is 10.6 Å². The largest absolute Gasteiger partial charge is 0.329 e. The van der Waals surface area contributed by atoms with Gasteiger partial charge in [0.15, 0.2) is 0 Å². The van der Waals surface area contributed by atoms with E-state index in [9.17, 15) is 24.0 Å². The summed E-state index contributed by atoms with van der Waals surface area (Å²) in [4.78, 5) is 59.9. The highest BCUT2D eigenvalue weighted by Gasteiger charge is 2.44. The van der Waals surface area contributed by atoms with E-state index in [4.69, 9.17) is 0 Å². The molecule has 0 atom stereocenters. The highest BCUT2D eigenvalue weighted by Crippen LogP contribution is 2.18. The van der Waals surface area contributed by atoms with Gasteiger partial charge in [0.2, 0.25) is 11.8 Å². The molecule has 2 aliphatic heterocycles. The first-order valence-corrected chi connectivity index (χ1v) is 5.96. The Bertz CT molecular complexity index is 511. The molecule has 2 aliphatic rings. The average molecular weight is 282 g/mol. The molecule has 0 aromatic heterocycles. The van der Waals surface area contributed by atoms with Gasteiger partial charge in [-0.25, -0.2) is 4.79 Å². The summed E-state index contributed by atoms with van der Waals surface area (Å²) in [5.74, 6) is -2.35. The molecule has 0 spiro atoms. The molecule has 2 saturated heterocycles. The second kappa shape index (κ2) is 4.58. The van der Waals surface area contributed by atoms with Crippen LogP contribution in [-0.2, 0) is 19.2 Å². The third-order valence-electron chi connectivity index (χ3n) is 3.32.